The molecule has 6 nitrogen and oxygen atoms in total. The average Bonchev–Trinajstić information content (AvgIpc) is 3.34. The molecule has 2 aliphatic heterocycles. The second-order valence-corrected chi connectivity index (χ2v) is 8.50. The van der Waals surface area contributed by atoms with Gasteiger partial charge in [-0.2, -0.15) is 5.10 Å². The number of para-hydroxylation sites is 1. The van der Waals surface area contributed by atoms with E-state index in [9.17, 15) is 0 Å². The van der Waals surface area contributed by atoms with Gasteiger partial charge in [0, 0.05) is 17.5 Å². The van der Waals surface area contributed by atoms with Gasteiger partial charge in [0.1, 0.15) is 11.5 Å². The van der Waals surface area contributed by atoms with Crippen molar-refractivity contribution in [2.24, 2.45) is 5.10 Å². The minimum atomic E-state index is -0.367. The molecular formula is C28H30N2O4. The summed E-state index contributed by atoms with van der Waals surface area (Å²) in [5, 5.41) is 7.13. The molecular weight excluding hydrogens is 428 g/mol. The van der Waals surface area contributed by atoms with Crippen LogP contribution in [-0.4, -0.2) is 31.5 Å². The van der Waals surface area contributed by atoms with Gasteiger partial charge in [-0.05, 0) is 60.5 Å². The first-order valence-corrected chi connectivity index (χ1v) is 11.8. The largest absolute Gasteiger partial charge is 0.494 e. The molecule has 0 aliphatic carbocycles. The summed E-state index contributed by atoms with van der Waals surface area (Å²) in [6, 6.07) is 22.4. The van der Waals surface area contributed by atoms with Gasteiger partial charge in [0.25, 0.3) is 0 Å². The summed E-state index contributed by atoms with van der Waals surface area (Å²) in [6.45, 7) is 2.91. The van der Waals surface area contributed by atoms with Gasteiger partial charge in [-0.15, -0.1) is 0 Å². The molecule has 0 saturated carbocycles. The molecule has 0 amide bonds. The zero-order valence-corrected chi connectivity index (χ0v) is 19.9. The molecule has 176 valence electrons. The molecule has 2 aliphatic rings. The average molecular weight is 459 g/mol. The van der Waals surface area contributed by atoms with Gasteiger partial charge in [0.15, 0.2) is 11.5 Å². The summed E-state index contributed by atoms with van der Waals surface area (Å²) in [4.78, 5) is 0. The first kappa shape index (κ1) is 22.1. The number of fused-ring (bicyclic) bond motifs is 3. The molecule has 6 heteroatoms. The smallest absolute Gasteiger partial charge is 0.214 e. The number of benzene rings is 3. The Morgan fingerprint density at radius 1 is 0.971 bits per heavy atom. The lowest BCUT2D eigenvalue weighted by molar-refractivity contribution is -0.0191. The van der Waals surface area contributed by atoms with Gasteiger partial charge in [0.05, 0.1) is 32.6 Å². The van der Waals surface area contributed by atoms with E-state index in [4.69, 9.17) is 24.0 Å². The zero-order chi connectivity index (χ0) is 23.5. The maximum Gasteiger partial charge on any atom is 0.214 e. The Morgan fingerprint density at radius 3 is 2.53 bits per heavy atom. The summed E-state index contributed by atoms with van der Waals surface area (Å²) in [5.41, 5.74) is 4.25. The van der Waals surface area contributed by atoms with Crippen LogP contribution in [0.2, 0.25) is 0 Å². The fourth-order valence-corrected chi connectivity index (χ4v) is 4.51. The molecule has 0 bridgehead atoms. The second kappa shape index (κ2) is 9.67. The normalized spacial score (nSPS) is 18.4. The van der Waals surface area contributed by atoms with Crippen LogP contribution < -0.4 is 18.9 Å². The van der Waals surface area contributed by atoms with E-state index < -0.39 is 0 Å². The quantitative estimate of drug-likeness (QED) is 0.380. The Balaban J connectivity index is 1.47. The lowest BCUT2D eigenvalue weighted by atomic mass is 9.96. The van der Waals surface area contributed by atoms with E-state index in [0.717, 1.165) is 59.8 Å². The summed E-state index contributed by atoms with van der Waals surface area (Å²) in [6.07, 6.45) is 2.62. The molecule has 2 heterocycles. The molecule has 3 aromatic rings. The summed E-state index contributed by atoms with van der Waals surface area (Å²) in [7, 11) is 3.28. The Kier molecular flexibility index (Phi) is 6.30. The number of nitrogens with zero attached hydrogens (tertiary/aromatic N) is 2. The fourth-order valence-electron chi connectivity index (χ4n) is 4.51. The molecule has 0 fully saturated rings. The first-order valence-electron chi connectivity index (χ1n) is 11.8. The molecule has 5 rings (SSSR count). The molecule has 0 unspecified atom stereocenters. The van der Waals surface area contributed by atoms with Crippen molar-refractivity contribution in [2.75, 3.05) is 20.8 Å². The molecule has 34 heavy (non-hydrogen) atoms. The minimum Gasteiger partial charge on any atom is -0.494 e. The maximum atomic E-state index is 6.47. The molecule has 0 N–H and O–H groups in total. The van der Waals surface area contributed by atoms with Gasteiger partial charge in [-0.1, -0.05) is 31.5 Å². The number of methoxy groups -OCH3 is 2. The summed E-state index contributed by atoms with van der Waals surface area (Å²) in [5.74, 6) is 3.14. The molecule has 3 aromatic carbocycles. The van der Waals surface area contributed by atoms with E-state index in [1.807, 2.05) is 42.5 Å². The number of hydrazone groups is 1. The molecule has 0 radical (unpaired) electrons. The van der Waals surface area contributed by atoms with Crippen LogP contribution >= 0.6 is 0 Å². The van der Waals surface area contributed by atoms with Gasteiger partial charge in [0.2, 0.25) is 6.23 Å². The summed E-state index contributed by atoms with van der Waals surface area (Å²) >= 11 is 0. The molecule has 0 aromatic heterocycles. The van der Waals surface area contributed by atoms with Gasteiger partial charge >= 0.3 is 0 Å². The highest BCUT2D eigenvalue weighted by Crippen LogP contribution is 2.48. The maximum absolute atomic E-state index is 6.47. The van der Waals surface area contributed by atoms with Crippen molar-refractivity contribution in [3.63, 3.8) is 0 Å². The highest BCUT2D eigenvalue weighted by Gasteiger charge is 2.41. The fraction of sp³-hybridized carbons (Fsp3) is 0.321. The van der Waals surface area contributed by atoms with Crippen LogP contribution in [0.4, 0.5) is 0 Å². The monoisotopic (exact) mass is 458 g/mol. The Labute approximate surface area is 200 Å². The third-order valence-electron chi connectivity index (χ3n) is 6.35. The van der Waals surface area contributed by atoms with Gasteiger partial charge in [-0.3, -0.25) is 0 Å². The van der Waals surface area contributed by atoms with Crippen molar-refractivity contribution in [1.82, 2.24) is 5.01 Å². The van der Waals surface area contributed by atoms with Crippen LogP contribution in [0.5, 0.6) is 23.0 Å². The van der Waals surface area contributed by atoms with E-state index in [-0.39, 0.29) is 12.3 Å². The van der Waals surface area contributed by atoms with Crippen LogP contribution in [-0.2, 0) is 0 Å². The van der Waals surface area contributed by atoms with Crippen LogP contribution in [0.25, 0.3) is 0 Å². The van der Waals surface area contributed by atoms with Crippen molar-refractivity contribution in [3.8, 4) is 23.0 Å². The third-order valence-corrected chi connectivity index (χ3v) is 6.35. The van der Waals surface area contributed by atoms with Crippen LogP contribution in [0.3, 0.4) is 0 Å². The summed E-state index contributed by atoms with van der Waals surface area (Å²) < 4.78 is 23.3. The molecule has 2 atom stereocenters. The first-order chi connectivity index (χ1) is 16.7. The predicted molar refractivity (Wildman–Crippen MR) is 132 cm³/mol. The highest BCUT2D eigenvalue weighted by atomic mass is 16.5. The highest BCUT2D eigenvalue weighted by molar-refractivity contribution is 6.02. The van der Waals surface area contributed by atoms with Crippen LogP contribution in [0.1, 0.15) is 55.1 Å². The molecule has 0 saturated heterocycles. The van der Waals surface area contributed by atoms with Crippen molar-refractivity contribution in [2.45, 2.75) is 38.5 Å². The Morgan fingerprint density at radius 2 is 1.76 bits per heavy atom. The zero-order valence-electron chi connectivity index (χ0n) is 19.9. The number of ether oxygens (including phenoxy) is 4. The topological polar surface area (TPSA) is 52.5 Å². The van der Waals surface area contributed by atoms with E-state index in [1.54, 1.807) is 14.2 Å². The number of unbranched alkanes of at least 4 members (excludes halogenated alkanes) is 1. The standard InChI is InChI=1S/C28H30N2O4/c1-4-5-16-33-21-13-10-19(11-14-21)23-18-24-22-8-6-7-9-25(22)34-28(30(24)29-23)20-12-15-26(31-2)27(17-20)32-3/h6-15,17,24,28H,4-5,16,18H2,1-3H3/t24-,28+/m1/s1. The van der Waals surface area contributed by atoms with E-state index >= 15 is 0 Å². The SMILES string of the molecule is CCCCOc1ccc(C2=NN3[C@H](C2)c2ccccc2O[C@H]3c2ccc(OC)c(OC)c2)cc1. The van der Waals surface area contributed by atoms with E-state index in [1.165, 1.54) is 0 Å². The van der Waals surface area contributed by atoms with Crippen molar-refractivity contribution >= 4 is 5.71 Å². The molecule has 0 spiro atoms. The lowest BCUT2D eigenvalue weighted by Gasteiger charge is -2.38. The van der Waals surface area contributed by atoms with Crippen molar-refractivity contribution in [3.05, 3.63) is 83.4 Å². The Bertz CT molecular complexity index is 1180. The lowest BCUT2D eigenvalue weighted by Crippen LogP contribution is -2.33. The third kappa shape index (κ3) is 4.16. The number of hydrogen-bond donors (Lipinski definition) is 0. The second-order valence-electron chi connectivity index (χ2n) is 8.50. The minimum absolute atomic E-state index is 0.0959. The van der Waals surface area contributed by atoms with Gasteiger partial charge < -0.3 is 18.9 Å². The number of rotatable bonds is 8. The predicted octanol–water partition coefficient (Wildman–Crippen LogP) is 6.13. The van der Waals surface area contributed by atoms with Gasteiger partial charge in [-0.25, -0.2) is 5.01 Å². The van der Waals surface area contributed by atoms with Crippen molar-refractivity contribution < 1.29 is 18.9 Å². The van der Waals surface area contributed by atoms with E-state index in [2.05, 4.69) is 36.2 Å². The number of hydrogen-bond acceptors (Lipinski definition) is 6. The Hall–Kier alpha value is -3.67. The van der Waals surface area contributed by atoms with E-state index in [0.29, 0.717) is 11.5 Å². The van der Waals surface area contributed by atoms with Crippen LogP contribution in [0, 0.1) is 0 Å². The van der Waals surface area contributed by atoms with Crippen molar-refractivity contribution in [1.29, 1.82) is 0 Å². The van der Waals surface area contributed by atoms with Crippen LogP contribution in [0.15, 0.2) is 71.8 Å².